The number of nitrogens with one attached hydrogen (secondary N) is 1. The standard InChI is InChI=1S/C24H22F3N3O4S/c1-2-35(33,34)20-11-14(13-28)9-10-17(20)22-21-18(7-4-8-19(21)31)30(23(32)29-22)16-6-3-5-15(12-16)24(25,26)27/h3,5-6,9-12,22,33-34H,2,4,7-8H2,1H3,(H,29,32)/t22-/m1/s1. The van der Waals surface area contributed by atoms with Crippen molar-refractivity contribution in [2.75, 3.05) is 10.7 Å². The molecule has 0 bridgehead atoms. The molecule has 0 unspecified atom stereocenters. The summed E-state index contributed by atoms with van der Waals surface area (Å²) >= 11 is 0. The normalized spacial score (nSPS) is 19.2. The number of hydrogen-bond acceptors (Lipinski definition) is 5. The number of hydrogen-bond donors (Lipinski definition) is 3. The SMILES string of the molecule is CCS(O)(O)c1cc(C#N)ccc1[C@H]1NC(=O)N(c2cccc(C(F)(F)F)c2)C2=C1C(=O)CCC2. The third-order valence-electron chi connectivity index (χ3n) is 6.10. The Morgan fingerprint density at radius 2 is 1.91 bits per heavy atom. The van der Waals surface area contributed by atoms with Gasteiger partial charge in [0.1, 0.15) is 0 Å². The average molecular weight is 506 g/mol. The van der Waals surface area contributed by atoms with Crippen LogP contribution in [0.4, 0.5) is 23.7 Å². The number of allylic oxidation sites excluding steroid dienone is 1. The number of rotatable bonds is 4. The molecule has 1 aliphatic heterocycles. The summed E-state index contributed by atoms with van der Waals surface area (Å²) in [6.07, 6.45) is -3.75. The maximum atomic E-state index is 13.3. The van der Waals surface area contributed by atoms with E-state index < -0.39 is 34.4 Å². The Bertz CT molecular complexity index is 1280. The highest BCUT2D eigenvalue weighted by molar-refractivity contribution is 8.24. The number of carbonyl (C=O) groups excluding carboxylic acids is 2. The Hall–Kier alpha value is -3.33. The summed E-state index contributed by atoms with van der Waals surface area (Å²) in [7, 11) is -3.35. The van der Waals surface area contributed by atoms with Crippen molar-refractivity contribution < 1.29 is 31.9 Å². The minimum absolute atomic E-state index is 0.0316. The number of alkyl halides is 3. The van der Waals surface area contributed by atoms with Gasteiger partial charge in [-0.05, 0) is 50.1 Å². The fourth-order valence-corrected chi connectivity index (χ4v) is 5.59. The van der Waals surface area contributed by atoms with Crippen LogP contribution in [0.25, 0.3) is 0 Å². The van der Waals surface area contributed by atoms with Gasteiger partial charge in [0.25, 0.3) is 0 Å². The van der Waals surface area contributed by atoms with Crippen molar-refractivity contribution in [2.24, 2.45) is 0 Å². The molecule has 184 valence electrons. The monoisotopic (exact) mass is 505 g/mol. The second-order valence-electron chi connectivity index (χ2n) is 8.22. The van der Waals surface area contributed by atoms with Gasteiger partial charge in [-0.1, -0.05) is 12.1 Å². The minimum Gasteiger partial charge on any atom is -0.326 e. The van der Waals surface area contributed by atoms with Crippen molar-refractivity contribution in [2.45, 2.75) is 43.3 Å². The zero-order chi connectivity index (χ0) is 25.5. The largest absolute Gasteiger partial charge is 0.416 e. The van der Waals surface area contributed by atoms with E-state index in [9.17, 15) is 37.1 Å². The number of halogens is 3. The highest BCUT2D eigenvalue weighted by atomic mass is 32.3. The van der Waals surface area contributed by atoms with E-state index in [-0.39, 0.29) is 57.4 Å². The molecule has 3 N–H and O–H groups in total. The van der Waals surface area contributed by atoms with Crippen LogP contribution in [0.15, 0.2) is 58.6 Å². The first-order valence-electron chi connectivity index (χ1n) is 10.8. The fraction of sp³-hybridized carbons (Fsp3) is 0.292. The first kappa shape index (κ1) is 24.8. The quantitative estimate of drug-likeness (QED) is 0.473. The Labute approximate surface area is 201 Å². The predicted molar refractivity (Wildman–Crippen MR) is 124 cm³/mol. The average Bonchev–Trinajstić information content (AvgIpc) is 2.82. The van der Waals surface area contributed by atoms with Gasteiger partial charge in [-0.2, -0.15) is 29.0 Å². The summed E-state index contributed by atoms with van der Waals surface area (Å²) in [5.41, 5.74) is -0.0702. The Morgan fingerprint density at radius 3 is 2.57 bits per heavy atom. The lowest BCUT2D eigenvalue weighted by molar-refractivity contribution is -0.137. The van der Waals surface area contributed by atoms with Crippen LogP contribution in [0.2, 0.25) is 0 Å². The van der Waals surface area contributed by atoms with Gasteiger partial charge in [-0.15, -0.1) is 0 Å². The molecule has 11 heteroatoms. The van der Waals surface area contributed by atoms with Crippen LogP contribution in [0.5, 0.6) is 0 Å². The Morgan fingerprint density at radius 1 is 1.17 bits per heavy atom. The van der Waals surface area contributed by atoms with Crippen molar-refractivity contribution >= 4 is 28.1 Å². The molecular formula is C24H22F3N3O4S. The molecule has 2 aliphatic rings. The number of nitrogens with zero attached hydrogens (tertiary/aromatic N) is 2. The van der Waals surface area contributed by atoms with E-state index in [1.165, 1.54) is 30.3 Å². The molecule has 1 heterocycles. The van der Waals surface area contributed by atoms with Crippen LogP contribution < -0.4 is 10.2 Å². The molecule has 2 amide bonds. The maximum Gasteiger partial charge on any atom is 0.416 e. The van der Waals surface area contributed by atoms with Crippen LogP contribution in [0.3, 0.4) is 0 Å². The summed E-state index contributed by atoms with van der Waals surface area (Å²) in [6, 6.07) is 8.69. The molecule has 2 aromatic carbocycles. The van der Waals surface area contributed by atoms with Crippen LogP contribution in [0, 0.1) is 11.3 Å². The molecular weight excluding hydrogens is 483 g/mol. The summed E-state index contributed by atoms with van der Waals surface area (Å²) in [6.45, 7) is 1.56. The number of Topliss-reactive ketones (excluding diaryl/α,β-unsaturated/α-hetero) is 1. The number of ketones is 1. The molecule has 4 rings (SSSR count). The van der Waals surface area contributed by atoms with Crippen LogP contribution in [-0.2, 0) is 11.0 Å². The van der Waals surface area contributed by atoms with E-state index in [1.54, 1.807) is 6.92 Å². The maximum absolute atomic E-state index is 13.3. The van der Waals surface area contributed by atoms with E-state index >= 15 is 0 Å². The van der Waals surface area contributed by atoms with Crippen LogP contribution in [0.1, 0.15) is 48.9 Å². The predicted octanol–water partition coefficient (Wildman–Crippen LogP) is 5.98. The van der Waals surface area contributed by atoms with Crippen molar-refractivity contribution in [1.29, 1.82) is 5.26 Å². The van der Waals surface area contributed by atoms with Gasteiger partial charge in [0.2, 0.25) is 0 Å². The van der Waals surface area contributed by atoms with E-state index in [0.717, 1.165) is 17.0 Å². The lowest BCUT2D eigenvalue weighted by Gasteiger charge is -2.41. The molecule has 0 aromatic heterocycles. The number of nitriles is 1. The molecule has 2 aromatic rings. The van der Waals surface area contributed by atoms with Crippen molar-refractivity contribution in [1.82, 2.24) is 5.32 Å². The summed E-state index contributed by atoms with van der Waals surface area (Å²) < 4.78 is 61.3. The topological polar surface area (TPSA) is 114 Å². The lowest BCUT2D eigenvalue weighted by atomic mass is 9.84. The lowest BCUT2D eigenvalue weighted by Crippen LogP contribution is -2.49. The fourth-order valence-electron chi connectivity index (χ4n) is 4.40. The molecule has 0 saturated carbocycles. The van der Waals surface area contributed by atoms with E-state index in [0.29, 0.717) is 6.42 Å². The third kappa shape index (κ3) is 4.52. The van der Waals surface area contributed by atoms with Crippen LogP contribution >= 0.6 is 10.6 Å². The van der Waals surface area contributed by atoms with Gasteiger partial charge in [0.15, 0.2) is 5.78 Å². The zero-order valence-corrected chi connectivity index (χ0v) is 19.4. The van der Waals surface area contributed by atoms with Crippen molar-refractivity contribution in [3.63, 3.8) is 0 Å². The van der Waals surface area contributed by atoms with Gasteiger partial charge in [0.05, 0.1) is 33.8 Å². The van der Waals surface area contributed by atoms with Gasteiger partial charge < -0.3 is 5.32 Å². The molecule has 0 fully saturated rings. The highest BCUT2D eigenvalue weighted by Gasteiger charge is 2.42. The smallest absolute Gasteiger partial charge is 0.326 e. The summed E-state index contributed by atoms with van der Waals surface area (Å²) in [5.74, 6) is -0.345. The molecule has 0 radical (unpaired) electrons. The first-order valence-corrected chi connectivity index (χ1v) is 12.5. The number of anilines is 1. The second-order valence-corrected chi connectivity index (χ2v) is 10.6. The summed E-state index contributed by atoms with van der Waals surface area (Å²) in [4.78, 5) is 27.5. The molecule has 0 spiro atoms. The highest BCUT2D eigenvalue weighted by Crippen LogP contribution is 2.52. The van der Waals surface area contributed by atoms with E-state index in [4.69, 9.17) is 0 Å². The van der Waals surface area contributed by atoms with Gasteiger partial charge >= 0.3 is 12.2 Å². The number of amides is 2. The minimum atomic E-state index is -4.61. The first-order chi connectivity index (χ1) is 16.5. The van der Waals surface area contributed by atoms with Crippen molar-refractivity contribution in [3.05, 3.63) is 70.4 Å². The molecule has 35 heavy (non-hydrogen) atoms. The van der Waals surface area contributed by atoms with Crippen molar-refractivity contribution in [3.8, 4) is 6.07 Å². The van der Waals surface area contributed by atoms with Gasteiger partial charge in [0, 0.05) is 29.0 Å². The second kappa shape index (κ2) is 9.03. The van der Waals surface area contributed by atoms with E-state index in [1.807, 2.05) is 6.07 Å². The molecule has 7 nitrogen and oxygen atoms in total. The molecule has 0 saturated heterocycles. The molecule has 1 aliphatic carbocycles. The van der Waals surface area contributed by atoms with Gasteiger partial charge in [-0.3, -0.25) is 18.8 Å². The molecule has 1 atom stereocenters. The Kier molecular flexibility index (Phi) is 6.40. The number of carbonyl (C=O) groups is 2. The van der Waals surface area contributed by atoms with Crippen LogP contribution in [-0.4, -0.2) is 26.7 Å². The zero-order valence-electron chi connectivity index (χ0n) is 18.6. The third-order valence-corrected chi connectivity index (χ3v) is 7.96. The number of benzene rings is 2. The van der Waals surface area contributed by atoms with Gasteiger partial charge in [-0.25, -0.2) is 4.79 Å². The Balaban J connectivity index is 1.91. The van der Waals surface area contributed by atoms with E-state index in [2.05, 4.69) is 5.32 Å². The summed E-state index contributed by atoms with van der Waals surface area (Å²) in [5, 5.41) is 12.0. The number of urea groups is 1.